The molecule has 1 aromatic heterocycles. The lowest BCUT2D eigenvalue weighted by molar-refractivity contribution is 0.263. The number of nitrogens with zero attached hydrogens (tertiary/aromatic N) is 3. The van der Waals surface area contributed by atoms with Gasteiger partial charge in [-0.1, -0.05) is 19.8 Å². The highest BCUT2D eigenvalue weighted by Gasteiger charge is 2.33. The van der Waals surface area contributed by atoms with Crippen LogP contribution in [0.5, 0.6) is 0 Å². The first-order chi connectivity index (χ1) is 9.04. The van der Waals surface area contributed by atoms with Crippen molar-refractivity contribution in [1.82, 2.24) is 9.97 Å². The molecule has 1 fully saturated rings. The van der Waals surface area contributed by atoms with E-state index in [1.54, 1.807) is 6.20 Å². The third-order valence-corrected chi connectivity index (χ3v) is 3.92. The average molecular weight is 263 g/mol. The zero-order chi connectivity index (χ0) is 13.9. The molecule has 1 aliphatic carbocycles. The second-order valence-corrected chi connectivity index (χ2v) is 5.95. The van der Waals surface area contributed by atoms with Crippen LogP contribution in [0.3, 0.4) is 0 Å². The summed E-state index contributed by atoms with van der Waals surface area (Å²) < 4.78 is 0. The first-order valence-corrected chi connectivity index (χ1v) is 7.03. The SMILES string of the molecule is CC1CCCC(CN)(Nc2ccnc(N(C)C)n2)C1. The molecule has 2 atom stereocenters. The predicted molar refractivity (Wildman–Crippen MR) is 79.4 cm³/mol. The summed E-state index contributed by atoms with van der Waals surface area (Å²) in [6.07, 6.45) is 6.56. The highest BCUT2D eigenvalue weighted by molar-refractivity contribution is 5.43. The Labute approximate surface area is 115 Å². The molecule has 106 valence electrons. The van der Waals surface area contributed by atoms with Crippen LogP contribution in [0.2, 0.25) is 0 Å². The first-order valence-electron chi connectivity index (χ1n) is 7.03. The van der Waals surface area contributed by atoms with E-state index in [1.807, 2.05) is 25.1 Å². The molecule has 2 rings (SSSR count). The highest BCUT2D eigenvalue weighted by atomic mass is 15.2. The van der Waals surface area contributed by atoms with E-state index in [0.717, 1.165) is 30.5 Å². The molecule has 0 radical (unpaired) electrons. The van der Waals surface area contributed by atoms with Gasteiger partial charge in [0.05, 0.1) is 5.54 Å². The zero-order valence-electron chi connectivity index (χ0n) is 12.2. The summed E-state index contributed by atoms with van der Waals surface area (Å²) in [5.74, 6) is 2.32. The van der Waals surface area contributed by atoms with Crippen LogP contribution >= 0.6 is 0 Å². The Bertz CT molecular complexity index is 420. The van der Waals surface area contributed by atoms with Gasteiger partial charge in [0.15, 0.2) is 0 Å². The fourth-order valence-corrected chi connectivity index (χ4v) is 2.92. The molecule has 2 unspecified atom stereocenters. The molecule has 0 aromatic carbocycles. The van der Waals surface area contributed by atoms with Crippen LogP contribution in [0.4, 0.5) is 11.8 Å². The summed E-state index contributed by atoms with van der Waals surface area (Å²) in [6, 6.07) is 1.92. The average Bonchev–Trinajstić information content (AvgIpc) is 2.39. The number of nitrogens with two attached hydrogens (primary N) is 1. The van der Waals surface area contributed by atoms with E-state index in [9.17, 15) is 0 Å². The van der Waals surface area contributed by atoms with Crippen molar-refractivity contribution in [2.45, 2.75) is 38.1 Å². The predicted octanol–water partition coefficient (Wildman–Crippen LogP) is 1.86. The summed E-state index contributed by atoms with van der Waals surface area (Å²) >= 11 is 0. The Balaban J connectivity index is 2.15. The van der Waals surface area contributed by atoms with E-state index in [-0.39, 0.29) is 5.54 Å². The molecule has 1 heterocycles. The number of aromatic nitrogens is 2. The molecule has 5 heteroatoms. The standard InChI is InChI=1S/C14H25N5/c1-11-5-4-7-14(9-11,10-15)18-12-6-8-16-13(17-12)19(2)3/h6,8,11H,4-5,7,9-10,15H2,1-3H3,(H,16,17,18). The summed E-state index contributed by atoms with van der Waals surface area (Å²) in [6.45, 7) is 2.95. The van der Waals surface area contributed by atoms with Crippen molar-refractivity contribution < 1.29 is 0 Å². The second kappa shape index (κ2) is 5.74. The third kappa shape index (κ3) is 3.35. The lowest BCUT2D eigenvalue weighted by Crippen LogP contribution is -2.49. The number of anilines is 2. The van der Waals surface area contributed by atoms with Crippen molar-refractivity contribution in [3.05, 3.63) is 12.3 Å². The Morgan fingerprint density at radius 3 is 2.95 bits per heavy atom. The lowest BCUT2D eigenvalue weighted by Gasteiger charge is -2.40. The molecule has 0 bridgehead atoms. The van der Waals surface area contributed by atoms with E-state index < -0.39 is 0 Å². The number of hydrogen-bond acceptors (Lipinski definition) is 5. The molecule has 0 aliphatic heterocycles. The van der Waals surface area contributed by atoms with E-state index in [1.165, 1.54) is 12.8 Å². The van der Waals surface area contributed by atoms with Crippen molar-refractivity contribution in [3.8, 4) is 0 Å². The minimum Gasteiger partial charge on any atom is -0.363 e. The van der Waals surface area contributed by atoms with Gasteiger partial charge in [0.25, 0.3) is 0 Å². The summed E-state index contributed by atoms with van der Waals surface area (Å²) in [4.78, 5) is 10.7. The van der Waals surface area contributed by atoms with Crippen molar-refractivity contribution in [2.24, 2.45) is 11.7 Å². The number of rotatable bonds is 4. The quantitative estimate of drug-likeness (QED) is 0.868. The lowest BCUT2D eigenvalue weighted by atomic mass is 9.76. The minimum absolute atomic E-state index is 0.00436. The van der Waals surface area contributed by atoms with Gasteiger partial charge in [-0.05, 0) is 24.8 Å². The second-order valence-electron chi connectivity index (χ2n) is 5.95. The molecule has 19 heavy (non-hydrogen) atoms. The van der Waals surface area contributed by atoms with Gasteiger partial charge in [0.1, 0.15) is 5.82 Å². The number of nitrogens with one attached hydrogen (secondary N) is 1. The van der Waals surface area contributed by atoms with Crippen LogP contribution < -0.4 is 16.0 Å². The van der Waals surface area contributed by atoms with Crippen LogP contribution in [0, 0.1) is 5.92 Å². The van der Waals surface area contributed by atoms with Crippen molar-refractivity contribution in [1.29, 1.82) is 0 Å². The molecular formula is C14H25N5. The Morgan fingerprint density at radius 1 is 1.53 bits per heavy atom. The van der Waals surface area contributed by atoms with Gasteiger partial charge in [-0.3, -0.25) is 0 Å². The maximum Gasteiger partial charge on any atom is 0.226 e. The molecule has 3 N–H and O–H groups in total. The van der Waals surface area contributed by atoms with Crippen molar-refractivity contribution in [3.63, 3.8) is 0 Å². The van der Waals surface area contributed by atoms with E-state index in [4.69, 9.17) is 5.73 Å². The van der Waals surface area contributed by atoms with Crippen LogP contribution in [0.15, 0.2) is 12.3 Å². The minimum atomic E-state index is -0.00436. The highest BCUT2D eigenvalue weighted by Crippen LogP contribution is 2.34. The summed E-state index contributed by atoms with van der Waals surface area (Å²) in [5.41, 5.74) is 6.03. The number of hydrogen-bond donors (Lipinski definition) is 2. The van der Waals surface area contributed by atoms with Crippen LogP contribution in [-0.4, -0.2) is 36.1 Å². The van der Waals surface area contributed by atoms with Gasteiger partial charge in [-0.25, -0.2) is 4.98 Å². The zero-order valence-corrected chi connectivity index (χ0v) is 12.2. The maximum atomic E-state index is 6.03. The van der Waals surface area contributed by atoms with Gasteiger partial charge in [0, 0.05) is 26.8 Å². The molecule has 1 aromatic rings. The van der Waals surface area contributed by atoms with Gasteiger partial charge in [0.2, 0.25) is 5.95 Å². The fraction of sp³-hybridized carbons (Fsp3) is 0.714. The summed E-state index contributed by atoms with van der Waals surface area (Å²) in [5, 5.41) is 3.57. The largest absolute Gasteiger partial charge is 0.363 e. The van der Waals surface area contributed by atoms with Gasteiger partial charge in [-0.15, -0.1) is 0 Å². The molecule has 0 spiro atoms. The monoisotopic (exact) mass is 263 g/mol. The van der Waals surface area contributed by atoms with Gasteiger partial charge >= 0.3 is 0 Å². The molecule has 1 aliphatic rings. The van der Waals surface area contributed by atoms with E-state index >= 15 is 0 Å². The molecule has 0 amide bonds. The van der Waals surface area contributed by atoms with Crippen LogP contribution in [0.1, 0.15) is 32.6 Å². The van der Waals surface area contributed by atoms with Gasteiger partial charge < -0.3 is 16.0 Å². The van der Waals surface area contributed by atoms with Gasteiger partial charge in [-0.2, -0.15) is 4.98 Å². The van der Waals surface area contributed by atoms with E-state index in [2.05, 4.69) is 22.2 Å². The van der Waals surface area contributed by atoms with Crippen molar-refractivity contribution >= 4 is 11.8 Å². The molecule has 1 saturated carbocycles. The Morgan fingerprint density at radius 2 is 2.32 bits per heavy atom. The Hall–Kier alpha value is -1.36. The Kier molecular flexibility index (Phi) is 4.24. The van der Waals surface area contributed by atoms with Crippen molar-refractivity contribution in [2.75, 3.05) is 30.9 Å². The first kappa shape index (κ1) is 14.1. The molecular weight excluding hydrogens is 238 g/mol. The fourth-order valence-electron chi connectivity index (χ4n) is 2.92. The summed E-state index contributed by atoms with van der Waals surface area (Å²) in [7, 11) is 3.89. The smallest absolute Gasteiger partial charge is 0.226 e. The van der Waals surface area contributed by atoms with E-state index in [0.29, 0.717) is 6.54 Å². The topological polar surface area (TPSA) is 67.1 Å². The normalized spacial score (nSPS) is 27.1. The van der Waals surface area contributed by atoms with Crippen LogP contribution in [-0.2, 0) is 0 Å². The molecule has 0 saturated heterocycles. The molecule has 5 nitrogen and oxygen atoms in total. The third-order valence-electron chi connectivity index (χ3n) is 3.92. The van der Waals surface area contributed by atoms with Crippen LogP contribution in [0.25, 0.3) is 0 Å². The maximum absolute atomic E-state index is 6.03.